The van der Waals surface area contributed by atoms with Crippen LogP contribution in [0, 0.1) is 11.7 Å². The lowest BCUT2D eigenvalue weighted by molar-refractivity contribution is -0.126. The van der Waals surface area contributed by atoms with Gasteiger partial charge in [-0.25, -0.2) is 4.39 Å². The summed E-state index contributed by atoms with van der Waals surface area (Å²) in [6.45, 7) is 1.43. The average molecular weight is 450 g/mol. The normalized spacial score (nSPS) is 21.8. The van der Waals surface area contributed by atoms with Gasteiger partial charge in [-0.2, -0.15) is 17.7 Å². The molecule has 0 N–H and O–H groups in total. The van der Waals surface area contributed by atoms with Crippen LogP contribution in [0.2, 0.25) is 0 Å². The number of halogens is 2. The fourth-order valence-electron chi connectivity index (χ4n) is 3.89. The second-order valence-electron chi connectivity index (χ2n) is 7.72. The quantitative estimate of drug-likeness (QED) is 0.516. The van der Waals surface area contributed by atoms with Gasteiger partial charge >= 0.3 is 0 Å². The lowest BCUT2D eigenvalue weighted by Crippen LogP contribution is -2.42. The van der Waals surface area contributed by atoms with Crippen molar-refractivity contribution >= 4 is 43.2 Å². The number of benzene rings is 1. The van der Waals surface area contributed by atoms with Crippen LogP contribution in [0.4, 0.5) is 4.39 Å². The van der Waals surface area contributed by atoms with Crippen molar-refractivity contribution in [3.63, 3.8) is 0 Å². The molecule has 1 aliphatic heterocycles. The van der Waals surface area contributed by atoms with E-state index in [1.54, 1.807) is 29.1 Å². The Kier molecular flexibility index (Phi) is 7.50. The minimum absolute atomic E-state index is 0. The van der Waals surface area contributed by atoms with E-state index in [2.05, 4.69) is 10.00 Å². The highest BCUT2D eigenvalue weighted by Crippen LogP contribution is 2.39. The van der Waals surface area contributed by atoms with Gasteiger partial charge in [-0.1, -0.05) is 18.2 Å². The number of rotatable bonds is 7. The van der Waals surface area contributed by atoms with Gasteiger partial charge in [0.05, 0.1) is 18.3 Å². The Balaban J connectivity index is 0.00000256. The highest BCUT2D eigenvalue weighted by molar-refractivity contribution is 7.81. The van der Waals surface area contributed by atoms with Crippen molar-refractivity contribution in [1.29, 1.82) is 0 Å². The molecule has 1 saturated heterocycles. The van der Waals surface area contributed by atoms with Crippen molar-refractivity contribution in [1.82, 2.24) is 14.7 Å². The van der Waals surface area contributed by atoms with Gasteiger partial charge in [0.15, 0.2) is 5.78 Å². The fourth-order valence-corrected chi connectivity index (χ4v) is 4.17. The average Bonchev–Trinajstić information content (AvgIpc) is 3.47. The van der Waals surface area contributed by atoms with Crippen LogP contribution in [0.15, 0.2) is 42.1 Å². The second-order valence-corrected chi connectivity index (χ2v) is 8.35. The number of aromatic nitrogens is 2. The van der Waals surface area contributed by atoms with Crippen molar-refractivity contribution in [3.8, 4) is 0 Å². The molecule has 5 nitrogen and oxygen atoms in total. The topological polar surface area (TPSA) is 55.2 Å². The van der Waals surface area contributed by atoms with Gasteiger partial charge in [0.1, 0.15) is 12.1 Å². The van der Waals surface area contributed by atoms with E-state index in [0.717, 1.165) is 36.8 Å². The minimum Gasteiger partial charge on any atom is -0.301 e. The molecular weight excluding hydrogens is 425 g/mol. The largest absolute Gasteiger partial charge is 0.301 e. The van der Waals surface area contributed by atoms with Crippen LogP contribution in [-0.2, 0) is 16.1 Å². The predicted octanol–water partition coefficient (Wildman–Crippen LogP) is 3.75. The SMILES string of the molecule is Cl.O=CCn1ccc(/C=C2\CN(C(C(=O)C3CC3)c3ccccc3F)CCC2S)n1. The molecule has 4 rings (SSSR count). The first kappa shape index (κ1) is 22.7. The maximum Gasteiger partial charge on any atom is 0.157 e. The van der Waals surface area contributed by atoms with Crippen LogP contribution < -0.4 is 0 Å². The van der Waals surface area contributed by atoms with Gasteiger partial charge in [-0.3, -0.25) is 14.4 Å². The Morgan fingerprint density at radius 2 is 2.03 bits per heavy atom. The molecule has 2 aromatic rings. The molecule has 30 heavy (non-hydrogen) atoms. The molecule has 2 unspecified atom stereocenters. The maximum absolute atomic E-state index is 14.6. The van der Waals surface area contributed by atoms with Crippen LogP contribution in [0.1, 0.15) is 36.6 Å². The van der Waals surface area contributed by atoms with Crippen LogP contribution in [0.5, 0.6) is 0 Å². The smallest absolute Gasteiger partial charge is 0.157 e. The fraction of sp³-hybridized carbons (Fsp3) is 0.409. The summed E-state index contributed by atoms with van der Waals surface area (Å²) in [7, 11) is 0. The Morgan fingerprint density at radius 3 is 2.73 bits per heavy atom. The van der Waals surface area contributed by atoms with E-state index in [-0.39, 0.29) is 41.7 Å². The summed E-state index contributed by atoms with van der Waals surface area (Å²) >= 11 is 4.71. The Bertz CT molecular complexity index is 944. The molecule has 0 amide bonds. The zero-order valence-corrected chi connectivity index (χ0v) is 18.2. The van der Waals surface area contributed by atoms with Crippen LogP contribution >= 0.6 is 25.0 Å². The van der Waals surface area contributed by atoms with Crippen LogP contribution in [-0.4, -0.2) is 45.1 Å². The van der Waals surface area contributed by atoms with E-state index in [4.69, 9.17) is 12.6 Å². The number of Topliss-reactive ketones (excluding diaryl/α,β-unsaturated/α-hetero) is 1. The molecule has 1 aromatic heterocycles. The number of nitrogens with zero attached hydrogens (tertiary/aromatic N) is 3. The zero-order valence-electron chi connectivity index (χ0n) is 16.5. The molecule has 2 atom stereocenters. The van der Waals surface area contributed by atoms with Gasteiger partial charge < -0.3 is 4.79 Å². The highest BCUT2D eigenvalue weighted by Gasteiger charge is 2.40. The number of piperidine rings is 1. The third-order valence-electron chi connectivity index (χ3n) is 5.57. The van der Waals surface area contributed by atoms with Gasteiger partial charge in [-0.15, -0.1) is 12.4 Å². The summed E-state index contributed by atoms with van der Waals surface area (Å²) in [5.74, 6) is -0.181. The Hall–Kier alpha value is -1.96. The maximum atomic E-state index is 14.6. The van der Waals surface area contributed by atoms with E-state index >= 15 is 0 Å². The molecule has 2 aliphatic rings. The van der Waals surface area contributed by atoms with E-state index in [0.29, 0.717) is 18.7 Å². The lowest BCUT2D eigenvalue weighted by Gasteiger charge is -2.37. The van der Waals surface area contributed by atoms with Gasteiger partial charge in [-0.05, 0) is 43.0 Å². The number of thiol groups is 1. The molecule has 0 spiro atoms. The Morgan fingerprint density at radius 1 is 1.27 bits per heavy atom. The first-order chi connectivity index (χ1) is 14.1. The van der Waals surface area contributed by atoms with Crippen molar-refractivity contribution in [2.45, 2.75) is 37.1 Å². The standard InChI is InChI=1S/C22H24FN3O2S.ClH/c23-19-4-2-1-3-18(19)21(22(28)15-5-6-15)25-9-8-20(29)16(14-25)13-17-7-10-26(24-17)11-12-27;/h1-4,7,10,12-13,15,20-21,29H,5-6,8-9,11,14H2;1H/b16-13+;. The molecular formula is C22H25ClFN3O2S. The lowest BCUT2D eigenvalue weighted by atomic mass is 9.93. The molecule has 2 fully saturated rings. The third-order valence-corrected chi connectivity index (χ3v) is 6.16. The van der Waals surface area contributed by atoms with E-state index < -0.39 is 6.04 Å². The summed E-state index contributed by atoms with van der Waals surface area (Å²) in [6, 6.07) is 7.85. The summed E-state index contributed by atoms with van der Waals surface area (Å²) in [6.07, 6.45) is 7.08. The van der Waals surface area contributed by atoms with E-state index in [1.165, 1.54) is 6.07 Å². The van der Waals surface area contributed by atoms with Crippen LogP contribution in [0.25, 0.3) is 6.08 Å². The summed E-state index contributed by atoms with van der Waals surface area (Å²) in [4.78, 5) is 25.8. The predicted molar refractivity (Wildman–Crippen MR) is 119 cm³/mol. The molecule has 1 aliphatic carbocycles. The number of likely N-dealkylation sites (tertiary alicyclic amines) is 1. The number of carbonyl (C=O) groups excluding carboxylic acids is 2. The van der Waals surface area contributed by atoms with Gasteiger partial charge in [0, 0.05) is 36.0 Å². The molecule has 160 valence electrons. The summed E-state index contributed by atoms with van der Waals surface area (Å²) < 4.78 is 16.2. The van der Waals surface area contributed by atoms with E-state index in [1.807, 2.05) is 12.1 Å². The molecule has 8 heteroatoms. The van der Waals surface area contributed by atoms with Gasteiger partial charge in [0.2, 0.25) is 0 Å². The monoisotopic (exact) mass is 449 g/mol. The first-order valence-corrected chi connectivity index (χ1v) is 10.5. The van der Waals surface area contributed by atoms with Crippen LogP contribution in [0.3, 0.4) is 0 Å². The Labute approximate surface area is 187 Å². The van der Waals surface area contributed by atoms with Crippen molar-refractivity contribution in [3.05, 3.63) is 59.2 Å². The molecule has 2 heterocycles. The molecule has 1 saturated carbocycles. The second kappa shape index (κ2) is 9.90. The number of carbonyl (C=O) groups is 2. The third kappa shape index (κ3) is 5.02. The molecule has 0 bridgehead atoms. The number of hydrogen-bond donors (Lipinski definition) is 1. The molecule has 1 aromatic carbocycles. The summed E-state index contributed by atoms with van der Waals surface area (Å²) in [5, 5.41) is 4.43. The van der Waals surface area contributed by atoms with E-state index in [9.17, 15) is 14.0 Å². The number of aldehydes is 1. The minimum atomic E-state index is -0.569. The van der Waals surface area contributed by atoms with Gasteiger partial charge in [0.25, 0.3) is 0 Å². The van der Waals surface area contributed by atoms with Crippen molar-refractivity contribution in [2.24, 2.45) is 5.92 Å². The number of ketones is 1. The highest BCUT2D eigenvalue weighted by atomic mass is 35.5. The van der Waals surface area contributed by atoms with Crippen molar-refractivity contribution in [2.75, 3.05) is 13.1 Å². The number of hydrogen-bond acceptors (Lipinski definition) is 5. The zero-order chi connectivity index (χ0) is 20.4. The summed E-state index contributed by atoms with van der Waals surface area (Å²) in [5.41, 5.74) is 2.25. The van der Waals surface area contributed by atoms with Crippen molar-refractivity contribution < 1.29 is 14.0 Å². The first-order valence-electron chi connectivity index (χ1n) is 9.94. The molecule has 0 radical (unpaired) electrons.